The first kappa shape index (κ1) is 17.3. The summed E-state index contributed by atoms with van der Waals surface area (Å²) in [6, 6.07) is 11.4. The topological polar surface area (TPSA) is 43.8 Å². The summed E-state index contributed by atoms with van der Waals surface area (Å²) < 4.78 is 0. The molecule has 2 unspecified atom stereocenters. The Bertz CT molecular complexity index is 764. The quantitative estimate of drug-likeness (QED) is 0.863. The number of benzene rings is 1. The summed E-state index contributed by atoms with van der Waals surface area (Å²) in [5, 5.41) is 10.9. The predicted octanol–water partition coefficient (Wildman–Crippen LogP) is 3.83. The van der Waals surface area contributed by atoms with Crippen LogP contribution in [0.3, 0.4) is 0 Å². The summed E-state index contributed by atoms with van der Waals surface area (Å²) in [7, 11) is 0. The highest BCUT2D eigenvalue weighted by Crippen LogP contribution is 2.58. The zero-order valence-corrected chi connectivity index (χ0v) is 16.7. The summed E-state index contributed by atoms with van der Waals surface area (Å²) in [6.45, 7) is 1.85. The van der Waals surface area contributed by atoms with Gasteiger partial charge < -0.3 is 14.9 Å². The molecule has 4 saturated carbocycles. The molecule has 2 saturated heterocycles. The van der Waals surface area contributed by atoms with Crippen LogP contribution in [-0.2, 0) is 6.42 Å². The number of carbonyl (C=O) groups is 1. The minimum absolute atomic E-state index is 0.0402. The fraction of sp³-hybridized carbons (Fsp3) is 0.708. The number of nitrogens with zero attached hydrogens (tertiary/aromatic N) is 2. The largest absolute Gasteiger partial charge is 0.390 e. The molecule has 0 radical (unpaired) electrons. The van der Waals surface area contributed by atoms with Gasteiger partial charge in [-0.2, -0.15) is 0 Å². The van der Waals surface area contributed by atoms with E-state index in [-0.39, 0.29) is 5.54 Å². The second-order valence-electron chi connectivity index (χ2n) is 10.6. The second kappa shape index (κ2) is 5.98. The smallest absolute Gasteiger partial charge is 0.320 e. The molecule has 1 aromatic carbocycles. The van der Waals surface area contributed by atoms with E-state index in [2.05, 4.69) is 40.1 Å². The maximum absolute atomic E-state index is 13.5. The molecule has 4 heteroatoms. The van der Waals surface area contributed by atoms with Crippen molar-refractivity contribution in [2.45, 2.75) is 75.0 Å². The Morgan fingerprint density at radius 3 is 2.54 bits per heavy atom. The van der Waals surface area contributed by atoms with E-state index in [1.807, 2.05) is 0 Å². The first-order chi connectivity index (χ1) is 13.6. The number of carbonyl (C=O) groups excluding carboxylic acids is 1. The van der Waals surface area contributed by atoms with Gasteiger partial charge in [0.2, 0.25) is 0 Å². The molecule has 7 rings (SSSR count). The molecule has 0 spiro atoms. The van der Waals surface area contributed by atoms with Gasteiger partial charge in [0.15, 0.2) is 0 Å². The van der Waals surface area contributed by atoms with Gasteiger partial charge in [0.05, 0.1) is 11.1 Å². The van der Waals surface area contributed by atoms with Gasteiger partial charge >= 0.3 is 6.03 Å². The van der Waals surface area contributed by atoms with Crippen LogP contribution in [-0.4, -0.2) is 51.2 Å². The van der Waals surface area contributed by atoms with Crippen LogP contribution in [0.5, 0.6) is 0 Å². The highest BCUT2D eigenvalue weighted by molar-refractivity contribution is 5.79. The molecule has 6 aliphatic rings. The van der Waals surface area contributed by atoms with Crippen molar-refractivity contribution in [2.24, 2.45) is 17.8 Å². The molecule has 0 aromatic heterocycles. The van der Waals surface area contributed by atoms with Gasteiger partial charge in [-0.05, 0) is 81.1 Å². The van der Waals surface area contributed by atoms with E-state index < -0.39 is 5.60 Å². The molecule has 150 valence electrons. The number of urea groups is 1. The zero-order chi connectivity index (χ0) is 18.9. The van der Waals surface area contributed by atoms with Gasteiger partial charge in [0.1, 0.15) is 0 Å². The molecule has 4 aliphatic carbocycles. The zero-order valence-electron chi connectivity index (χ0n) is 16.7. The Morgan fingerprint density at radius 1 is 1.07 bits per heavy atom. The van der Waals surface area contributed by atoms with E-state index in [4.69, 9.17) is 0 Å². The van der Waals surface area contributed by atoms with Gasteiger partial charge in [0, 0.05) is 19.1 Å². The lowest BCUT2D eigenvalue weighted by molar-refractivity contribution is -0.152. The third kappa shape index (κ3) is 2.49. The SMILES string of the molecule is O=C1N(C2C3CC4CC2CC(O)(C4)C3)C[C@@]2(CCc3ccccc3)CCCN12. The number of fused-ring (bicyclic) bond motifs is 1. The van der Waals surface area contributed by atoms with Crippen molar-refractivity contribution in [3.8, 4) is 0 Å². The molecule has 4 bridgehead atoms. The minimum Gasteiger partial charge on any atom is -0.390 e. The van der Waals surface area contributed by atoms with Crippen LogP contribution in [0.2, 0.25) is 0 Å². The van der Waals surface area contributed by atoms with Gasteiger partial charge in [-0.3, -0.25) is 0 Å². The Kier molecular flexibility index (Phi) is 3.70. The van der Waals surface area contributed by atoms with E-state index in [1.165, 1.54) is 18.4 Å². The van der Waals surface area contributed by atoms with Crippen LogP contribution in [0.1, 0.15) is 56.9 Å². The predicted molar refractivity (Wildman–Crippen MR) is 108 cm³/mol. The fourth-order valence-corrected chi connectivity index (χ4v) is 8.00. The maximum Gasteiger partial charge on any atom is 0.320 e. The van der Waals surface area contributed by atoms with Crippen LogP contribution in [0.4, 0.5) is 4.79 Å². The van der Waals surface area contributed by atoms with Crippen molar-refractivity contribution in [2.75, 3.05) is 13.1 Å². The molecule has 2 aliphatic heterocycles. The van der Waals surface area contributed by atoms with Crippen molar-refractivity contribution >= 4 is 6.03 Å². The number of aryl methyl sites for hydroxylation is 1. The lowest BCUT2D eigenvalue weighted by Crippen LogP contribution is -2.62. The van der Waals surface area contributed by atoms with Crippen LogP contribution < -0.4 is 0 Å². The molecule has 3 atom stereocenters. The van der Waals surface area contributed by atoms with Crippen molar-refractivity contribution in [1.82, 2.24) is 9.80 Å². The van der Waals surface area contributed by atoms with Gasteiger partial charge in [0.25, 0.3) is 0 Å². The van der Waals surface area contributed by atoms with Crippen molar-refractivity contribution in [3.63, 3.8) is 0 Å². The number of amides is 2. The number of hydrogen-bond acceptors (Lipinski definition) is 2. The van der Waals surface area contributed by atoms with Crippen LogP contribution in [0.25, 0.3) is 0 Å². The van der Waals surface area contributed by atoms with Crippen molar-refractivity contribution in [1.29, 1.82) is 0 Å². The monoisotopic (exact) mass is 380 g/mol. The third-order valence-electron chi connectivity index (χ3n) is 8.81. The van der Waals surface area contributed by atoms with Crippen LogP contribution >= 0.6 is 0 Å². The average Bonchev–Trinajstić information content (AvgIpc) is 3.18. The molecular formula is C24H32N2O2. The fourth-order valence-electron chi connectivity index (χ4n) is 8.00. The summed E-state index contributed by atoms with van der Waals surface area (Å²) in [4.78, 5) is 18.0. The highest BCUT2D eigenvalue weighted by atomic mass is 16.3. The molecule has 2 amide bonds. The lowest BCUT2D eigenvalue weighted by atomic mass is 9.52. The van der Waals surface area contributed by atoms with Gasteiger partial charge in [-0.15, -0.1) is 0 Å². The highest BCUT2D eigenvalue weighted by Gasteiger charge is 2.61. The van der Waals surface area contributed by atoms with Gasteiger partial charge in [-0.25, -0.2) is 4.79 Å². The van der Waals surface area contributed by atoms with Crippen LogP contribution in [0.15, 0.2) is 30.3 Å². The standard InChI is InChI=1S/C24H32N2O2/c27-22-25(21-19-11-18-12-20(21)15-24(28,13-18)14-19)16-23(8-4-10-26(22)23)9-7-17-5-2-1-3-6-17/h1-3,5-6,18-21,28H,4,7-16H2/t18?,19?,20?,21?,23-,24?/m0/s1. The first-order valence-electron chi connectivity index (χ1n) is 11.4. The molecule has 4 nitrogen and oxygen atoms in total. The summed E-state index contributed by atoms with van der Waals surface area (Å²) in [5.41, 5.74) is 1.00. The number of hydrogen-bond donors (Lipinski definition) is 1. The van der Waals surface area contributed by atoms with E-state index in [0.717, 1.165) is 58.0 Å². The first-order valence-corrected chi connectivity index (χ1v) is 11.4. The molecule has 1 aromatic rings. The minimum atomic E-state index is -0.420. The Hall–Kier alpha value is -1.55. The third-order valence-corrected chi connectivity index (χ3v) is 8.81. The molecule has 28 heavy (non-hydrogen) atoms. The molecule has 6 fully saturated rings. The second-order valence-corrected chi connectivity index (χ2v) is 10.6. The Balaban J connectivity index is 1.24. The Labute approximate surface area is 167 Å². The van der Waals surface area contributed by atoms with E-state index in [1.54, 1.807) is 0 Å². The molecular weight excluding hydrogens is 348 g/mol. The molecule has 1 N–H and O–H groups in total. The van der Waals surface area contributed by atoms with E-state index in [0.29, 0.717) is 29.8 Å². The van der Waals surface area contributed by atoms with Gasteiger partial charge in [-0.1, -0.05) is 30.3 Å². The molecule has 2 heterocycles. The maximum atomic E-state index is 13.5. The average molecular weight is 381 g/mol. The van der Waals surface area contributed by atoms with E-state index >= 15 is 0 Å². The van der Waals surface area contributed by atoms with Crippen molar-refractivity contribution in [3.05, 3.63) is 35.9 Å². The van der Waals surface area contributed by atoms with E-state index in [9.17, 15) is 9.90 Å². The van der Waals surface area contributed by atoms with Crippen LogP contribution in [0, 0.1) is 17.8 Å². The normalized spacial score (nSPS) is 43.8. The number of aliphatic hydroxyl groups is 1. The summed E-state index contributed by atoms with van der Waals surface area (Å²) >= 11 is 0. The van der Waals surface area contributed by atoms with Crippen molar-refractivity contribution < 1.29 is 9.90 Å². The lowest BCUT2D eigenvalue weighted by Gasteiger charge is -2.59. The summed E-state index contributed by atoms with van der Waals surface area (Å²) in [6.07, 6.45) is 9.73. The number of rotatable bonds is 4. The Morgan fingerprint density at radius 2 is 1.82 bits per heavy atom. The summed E-state index contributed by atoms with van der Waals surface area (Å²) in [5.74, 6) is 1.74.